The minimum Gasteiger partial charge on any atom is -0.508 e. The van der Waals surface area contributed by atoms with Crippen LogP contribution in [0.3, 0.4) is 0 Å². The van der Waals surface area contributed by atoms with E-state index in [0.717, 1.165) is 60.8 Å². The van der Waals surface area contributed by atoms with Gasteiger partial charge in [-0.25, -0.2) is 0 Å². The van der Waals surface area contributed by atoms with Gasteiger partial charge in [-0.15, -0.1) is 0 Å². The molecule has 0 aromatic heterocycles. The van der Waals surface area contributed by atoms with Crippen LogP contribution < -0.4 is 10.6 Å². The highest BCUT2D eigenvalue weighted by molar-refractivity contribution is 8.76. The number of aromatic hydroxyl groups is 1. The molecule has 3 N–H and O–H groups in total. The fourth-order valence-corrected chi connectivity index (χ4v) is 17.4. The van der Waals surface area contributed by atoms with Gasteiger partial charge < -0.3 is 15.7 Å². The number of nitrogens with one attached hydrogen (secondary N) is 2. The van der Waals surface area contributed by atoms with Crippen LogP contribution in [0.15, 0.2) is 54.6 Å². The monoisotopic (exact) mass is 781 g/mol. The van der Waals surface area contributed by atoms with Gasteiger partial charge in [0.25, 0.3) is 0 Å². The summed E-state index contributed by atoms with van der Waals surface area (Å²) in [6, 6.07) is 16.9. The van der Waals surface area contributed by atoms with E-state index in [9.17, 15) is 5.11 Å². The summed E-state index contributed by atoms with van der Waals surface area (Å²) in [6.45, 7) is 7.12. The van der Waals surface area contributed by atoms with Gasteiger partial charge in [0.1, 0.15) is 5.75 Å². The van der Waals surface area contributed by atoms with Gasteiger partial charge in [-0.3, -0.25) is 0 Å². The summed E-state index contributed by atoms with van der Waals surface area (Å²) >= 11 is 0. The van der Waals surface area contributed by atoms with E-state index in [2.05, 4.69) is 94.6 Å². The van der Waals surface area contributed by atoms with Gasteiger partial charge in [0.2, 0.25) is 0 Å². The van der Waals surface area contributed by atoms with Gasteiger partial charge in [-0.05, 0) is 189 Å². The van der Waals surface area contributed by atoms with Crippen molar-refractivity contribution >= 4 is 21.6 Å². The Morgan fingerprint density at radius 1 is 0.855 bits per heavy atom. The fourth-order valence-electron chi connectivity index (χ4n) is 14.6. The van der Waals surface area contributed by atoms with E-state index in [1.54, 1.807) is 0 Å². The summed E-state index contributed by atoms with van der Waals surface area (Å²) in [7, 11) is 4.28. The van der Waals surface area contributed by atoms with E-state index < -0.39 is 0 Å². The highest BCUT2D eigenvalue weighted by atomic mass is 33.1. The summed E-state index contributed by atoms with van der Waals surface area (Å²) < 4.78 is 0. The summed E-state index contributed by atoms with van der Waals surface area (Å²) in [4.78, 5) is 0. The minimum absolute atomic E-state index is 0.353. The number of hydrogen-bond donors (Lipinski definition) is 3. The molecule has 5 heteroatoms. The molecule has 9 unspecified atom stereocenters. The van der Waals surface area contributed by atoms with Gasteiger partial charge in [0.15, 0.2) is 0 Å². The number of rotatable bonds is 3. The normalized spacial score (nSPS) is 38.2. The molecule has 3 spiro atoms. The maximum Gasteiger partial charge on any atom is 0.116 e. The van der Waals surface area contributed by atoms with E-state index in [4.69, 9.17) is 0 Å². The van der Waals surface area contributed by atoms with Gasteiger partial charge in [-0.2, -0.15) is 0 Å². The summed E-state index contributed by atoms with van der Waals surface area (Å²) in [5.74, 6) is 7.56. The lowest BCUT2D eigenvalue weighted by Crippen LogP contribution is -2.52. The lowest BCUT2D eigenvalue weighted by molar-refractivity contribution is -0.0844. The van der Waals surface area contributed by atoms with Crippen LogP contribution in [0, 0.1) is 51.8 Å². The van der Waals surface area contributed by atoms with Crippen molar-refractivity contribution in [3.8, 4) is 5.75 Å². The van der Waals surface area contributed by atoms with Crippen LogP contribution in [0.1, 0.15) is 145 Å². The molecular weight excluding hydrogens is 709 g/mol. The van der Waals surface area contributed by atoms with Crippen molar-refractivity contribution in [3.05, 3.63) is 76.9 Å². The number of phenolic OH excluding ortho intramolecular Hbond substituents is 1. The quantitative estimate of drug-likeness (QED) is 0.214. The van der Waals surface area contributed by atoms with Crippen LogP contribution >= 0.6 is 21.6 Å². The smallest absolute Gasteiger partial charge is 0.116 e. The van der Waals surface area contributed by atoms with E-state index in [0.29, 0.717) is 34.0 Å². The number of fused-ring (bicyclic) bond motifs is 8. The molecular formula is C50H72N2OS2. The van der Waals surface area contributed by atoms with Gasteiger partial charge in [0.05, 0.1) is 0 Å². The molecule has 0 amide bonds. The van der Waals surface area contributed by atoms with Crippen LogP contribution in [-0.4, -0.2) is 35.2 Å². The molecule has 2 aromatic carbocycles. The molecule has 1 heterocycles. The number of hydrogen-bond acceptors (Lipinski definition) is 5. The van der Waals surface area contributed by atoms with E-state index in [1.807, 2.05) is 6.07 Å². The molecule has 4 bridgehead atoms. The molecule has 7 aliphatic rings. The van der Waals surface area contributed by atoms with Crippen LogP contribution in [0.5, 0.6) is 5.75 Å². The van der Waals surface area contributed by atoms with Crippen molar-refractivity contribution in [1.29, 1.82) is 0 Å². The first-order valence-corrected chi connectivity index (χ1v) is 25.5. The Morgan fingerprint density at radius 2 is 1.65 bits per heavy atom. The van der Waals surface area contributed by atoms with Gasteiger partial charge >= 0.3 is 0 Å². The second-order valence-corrected chi connectivity index (χ2v) is 23.4. The molecule has 1 aliphatic heterocycles. The predicted octanol–water partition coefficient (Wildman–Crippen LogP) is 12.3. The Labute approximate surface area is 342 Å². The SMILES string of the molecule is CC1CC=CC2(C1)CC1(CC3C4Cc5cc(O)cc(c5)Cc5ccccc5CNC(C)CSSCC(C4)CC32)CC(CNC2CCCCC2)C2(CCCC2)C1. The van der Waals surface area contributed by atoms with E-state index in [1.165, 1.54) is 144 Å². The molecule has 2 aromatic rings. The van der Waals surface area contributed by atoms with Crippen molar-refractivity contribution in [2.75, 3.05) is 18.1 Å². The number of allylic oxidation sites excluding steroid dienone is 2. The molecule has 55 heavy (non-hydrogen) atoms. The molecule has 5 fully saturated rings. The predicted molar refractivity (Wildman–Crippen MR) is 236 cm³/mol. The highest BCUT2D eigenvalue weighted by Crippen LogP contribution is 2.72. The van der Waals surface area contributed by atoms with E-state index in [-0.39, 0.29) is 0 Å². The first kappa shape index (κ1) is 39.1. The average molecular weight is 781 g/mol. The molecule has 9 rings (SSSR count). The summed E-state index contributed by atoms with van der Waals surface area (Å²) in [6.07, 6.45) is 31.9. The minimum atomic E-state index is 0.353. The zero-order chi connectivity index (χ0) is 37.5. The third kappa shape index (κ3) is 8.54. The van der Waals surface area contributed by atoms with Crippen LogP contribution in [0.4, 0.5) is 0 Å². The van der Waals surface area contributed by atoms with Crippen molar-refractivity contribution < 1.29 is 5.11 Å². The van der Waals surface area contributed by atoms with Gasteiger partial charge in [0, 0.05) is 30.1 Å². The second kappa shape index (κ2) is 16.7. The molecule has 9 atom stereocenters. The lowest BCUT2D eigenvalue weighted by Gasteiger charge is -2.61. The standard InChI is InChI=1S/C50H72N2OS2/c1-35-11-10-18-50(26-35)34-48(27-43(49(33-48)16-8-9-17-49)30-52-44-14-4-3-5-15-44)28-46-42-21-38-19-37(23-45(53)24-38)20-40-12-6-7-13-41(40)29-51-36(2)31-54-55-32-39(22-42)25-47(46)50/h6-7,10,12-13,18-19,23-24,35-36,39,42-44,46-47,51-53H,3-5,8-9,11,14-17,20-22,25-34H2,1-2H3. The Bertz CT molecular complexity index is 1650. The maximum absolute atomic E-state index is 11.3. The third-order valence-corrected chi connectivity index (χ3v) is 19.4. The number of phenols is 1. The van der Waals surface area contributed by atoms with E-state index >= 15 is 0 Å². The first-order chi connectivity index (χ1) is 26.8. The topological polar surface area (TPSA) is 44.3 Å². The Kier molecular flexibility index (Phi) is 11.9. The van der Waals surface area contributed by atoms with Gasteiger partial charge in [-0.1, -0.05) is 103 Å². The molecule has 3 nitrogen and oxygen atoms in total. The van der Waals surface area contributed by atoms with Crippen LogP contribution in [0.2, 0.25) is 0 Å². The summed E-state index contributed by atoms with van der Waals surface area (Å²) in [5, 5.41) is 19.4. The first-order valence-electron chi connectivity index (χ1n) is 23.1. The van der Waals surface area contributed by atoms with Crippen LogP contribution in [-0.2, 0) is 19.4 Å². The lowest BCUT2D eigenvalue weighted by atomic mass is 9.44. The van der Waals surface area contributed by atoms with Crippen molar-refractivity contribution in [1.82, 2.24) is 10.6 Å². The second-order valence-electron chi connectivity index (χ2n) is 20.8. The zero-order valence-electron chi connectivity index (χ0n) is 34.3. The molecule has 300 valence electrons. The Morgan fingerprint density at radius 3 is 2.49 bits per heavy atom. The summed E-state index contributed by atoms with van der Waals surface area (Å²) in [5.41, 5.74) is 6.82. The maximum atomic E-state index is 11.3. The average Bonchev–Trinajstić information content (AvgIpc) is 3.75. The largest absolute Gasteiger partial charge is 0.508 e. The zero-order valence-corrected chi connectivity index (χ0v) is 36.0. The fraction of sp³-hybridized carbons (Fsp3) is 0.720. The Balaban J connectivity index is 1.06. The van der Waals surface area contributed by atoms with Crippen molar-refractivity contribution in [3.63, 3.8) is 0 Å². The van der Waals surface area contributed by atoms with Crippen molar-refractivity contribution in [2.45, 2.75) is 154 Å². The highest BCUT2D eigenvalue weighted by Gasteiger charge is 2.63. The molecule has 0 radical (unpaired) electrons. The molecule has 6 aliphatic carbocycles. The Hall–Kier alpha value is -1.40. The number of benzene rings is 2. The van der Waals surface area contributed by atoms with Crippen LogP contribution in [0.25, 0.3) is 0 Å². The third-order valence-electron chi connectivity index (χ3n) is 16.7. The van der Waals surface area contributed by atoms with Crippen molar-refractivity contribution in [2.24, 2.45) is 51.8 Å². The molecule has 5 saturated carbocycles. The molecule has 0 saturated heterocycles.